The minimum absolute atomic E-state index is 0.0704. The molecule has 1 N–H and O–H groups in total. The monoisotopic (exact) mass is 282 g/mol. The Balaban J connectivity index is 2.81. The van der Waals surface area contributed by atoms with Crippen LogP contribution < -0.4 is 0 Å². The van der Waals surface area contributed by atoms with Crippen LogP contribution >= 0.6 is 0 Å². The molecule has 0 aliphatic carbocycles. The number of H-pyrrole nitrogens is 1. The number of nitrogens with one attached hydrogen (secondary N) is 1. The van der Waals surface area contributed by atoms with Crippen LogP contribution in [0.1, 0.15) is 51.1 Å². The van der Waals surface area contributed by atoms with Crippen LogP contribution in [-0.4, -0.2) is 51.7 Å². The van der Waals surface area contributed by atoms with Crippen LogP contribution in [0.2, 0.25) is 0 Å². The van der Waals surface area contributed by atoms with Crippen molar-refractivity contribution in [3.05, 3.63) is 11.6 Å². The number of esters is 1. The van der Waals surface area contributed by atoms with E-state index in [4.69, 9.17) is 4.74 Å². The first-order chi connectivity index (χ1) is 9.29. The molecule has 0 saturated carbocycles. The first-order valence-corrected chi connectivity index (χ1v) is 6.67. The predicted molar refractivity (Wildman–Crippen MR) is 73.3 cm³/mol. The van der Waals surface area contributed by atoms with Gasteiger partial charge in [-0.25, -0.2) is 4.98 Å². The van der Waals surface area contributed by atoms with Crippen LogP contribution in [0.3, 0.4) is 0 Å². The maximum absolute atomic E-state index is 12.2. The first kappa shape index (κ1) is 16.1. The van der Waals surface area contributed by atoms with Gasteiger partial charge in [-0.05, 0) is 13.8 Å². The smallest absolute Gasteiger partial charge is 0.325 e. The number of carbonyl (C=O) groups excluding carboxylic acids is 2. The number of carbonyl (C=O) groups is 2. The average molecular weight is 282 g/mol. The zero-order chi connectivity index (χ0) is 15.3. The van der Waals surface area contributed by atoms with E-state index < -0.39 is 5.97 Å². The fourth-order valence-electron chi connectivity index (χ4n) is 1.52. The molecule has 0 unspecified atom stereocenters. The maximum atomic E-state index is 12.2. The second kappa shape index (κ2) is 6.49. The third kappa shape index (κ3) is 4.04. The summed E-state index contributed by atoms with van der Waals surface area (Å²) in [6.07, 6.45) is 0. The van der Waals surface area contributed by atoms with Gasteiger partial charge in [0.1, 0.15) is 12.4 Å². The topological polar surface area (TPSA) is 88.2 Å². The molecule has 20 heavy (non-hydrogen) atoms. The molecule has 1 aromatic heterocycles. The molecule has 0 radical (unpaired) electrons. The first-order valence-electron chi connectivity index (χ1n) is 6.67. The highest BCUT2D eigenvalue weighted by Crippen LogP contribution is 2.17. The van der Waals surface area contributed by atoms with Gasteiger partial charge in [0.05, 0.1) is 6.61 Å². The third-order valence-corrected chi connectivity index (χ3v) is 2.68. The summed E-state index contributed by atoms with van der Waals surface area (Å²) in [7, 11) is 0. The van der Waals surface area contributed by atoms with E-state index in [0.29, 0.717) is 19.0 Å². The fourth-order valence-corrected chi connectivity index (χ4v) is 1.52. The number of hydrogen-bond donors (Lipinski definition) is 1. The van der Waals surface area contributed by atoms with Gasteiger partial charge in [0, 0.05) is 12.0 Å². The van der Waals surface area contributed by atoms with E-state index in [-0.39, 0.29) is 23.7 Å². The van der Waals surface area contributed by atoms with Crippen molar-refractivity contribution in [3.8, 4) is 0 Å². The Morgan fingerprint density at radius 2 is 1.95 bits per heavy atom. The molecule has 1 amide bonds. The summed E-state index contributed by atoms with van der Waals surface area (Å²) < 4.78 is 4.84. The summed E-state index contributed by atoms with van der Waals surface area (Å²) in [6.45, 7) is 10.0. The molecular formula is C13H22N4O3. The maximum Gasteiger partial charge on any atom is 0.325 e. The molecule has 1 aromatic rings. The lowest BCUT2D eigenvalue weighted by Crippen LogP contribution is -2.37. The normalized spacial score (nSPS) is 11.2. The lowest BCUT2D eigenvalue weighted by atomic mass is 9.96. The van der Waals surface area contributed by atoms with Crippen molar-refractivity contribution in [2.24, 2.45) is 0 Å². The number of ether oxygens (including phenoxy) is 1. The molecule has 7 nitrogen and oxygen atoms in total. The standard InChI is InChI=1S/C13H22N4O3/c1-6-17(8-9(18)20-7-2)11(19)10-14-12(16-15-10)13(3,4)5/h6-8H2,1-5H3,(H,14,15,16). The molecular weight excluding hydrogens is 260 g/mol. The summed E-state index contributed by atoms with van der Waals surface area (Å²) in [5.74, 6) is -0.115. The number of amides is 1. The van der Waals surface area contributed by atoms with Crippen molar-refractivity contribution in [1.29, 1.82) is 0 Å². The molecule has 7 heteroatoms. The van der Waals surface area contributed by atoms with Crippen molar-refractivity contribution in [3.63, 3.8) is 0 Å². The number of likely N-dealkylation sites (N-methyl/N-ethyl adjacent to an activating group) is 1. The number of aromatic amines is 1. The zero-order valence-corrected chi connectivity index (χ0v) is 12.7. The molecule has 0 saturated heterocycles. The summed E-state index contributed by atoms with van der Waals surface area (Å²) in [5, 5.41) is 6.68. The minimum Gasteiger partial charge on any atom is -0.465 e. The highest BCUT2D eigenvalue weighted by Gasteiger charge is 2.25. The summed E-state index contributed by atoms with van der Waals surface area (Å²) >= 11 is 0. The fraction of sp³-hybridized carbons (Fsp3) is 0.692. The molecule has 1 rings (SSSR count). The van der Waals surface area contributed by atoms with E-state index >= 15 is 0 Å². The van der Waals surface area contributed by atoms with E-state index in [9.17, 15) is 9.59 Å². The highest BCUT2D eigenvalue weighted by atomic mass is 16.5. The lowest BCUT2D eigenvalue weighted by Gasteiger charge is -2.18. The summed E-state index contributed by atoms with van der Waals surface area (Å²) in [6, 6.07) is 0. The minimum atomic E-state index is -0.436. The molecule has 0 bridgehead atoms. The van der Waals surface area contributed by atoms with E-state index in [1.54, 1.807) is 13.8 Å². The Bertz CT molecular complexity index is 476. The Labute approximate surface area is 118 Å². The van der Waals surface area contributed by atoms with Crippen molar-refractivity contribution in [2.75, 3.05) is 19.7 Å². The van der Waals surface area contributed by atoms with E-state index in [1.807, 2.05) is 20.8 Å². The average Bonchev–Trinajstić information content (AvgIpc) is 2.84. The lowest BCUT2D eigenvalue weighted by molar-refractivity contribution is -0.143. The van der Waals surface area contributed by atoms with Crippen LogP contribution in [-0.2, 0) is 14.9 Å². The van der Waals surface area contributed by atoms with E-state index in [0.717, 1.165) is 0 Å². The van der Waals surface area contributed by atoms with Crippen molar-refractivity contribution < 1.29 is 14.3 Å². The Kier molecular flexibility index (Phi) is 5.24. The van der Waals surface area contributed by atoms with Crippen LogP contribution in [0.5, 0.6) is 0 Å². The van der Waals surface area contributed by atoms with Crippen molar-refractivity contribution in [2.45, 2.75) is 40.0 Å². The van der Waals surface area contributed by atoms with Gasteiger partial charge in [-0.1, -0.05) is 20.8 Å². The van der Waals surface area contributed by atoms with Crippen LogP contribution in [0.4, 0.5) is 0 Å². The molecule has 0 aliphatic heterocycles. The number of aromatic nitrogens is 3. The van der Waals surface area contributed by atoms with E-state index in [1.165, 1.54) is 4.90 Å². The third-order valence-electron chi connectivity index (χ3n) is 2.68. The van der Waals surface area contributed by atoms with Gasteiger partial charge in [-0.15, -0.1) is 5.10 Å². The van der Waals surface area contributed by atoms with Gasteiger partial charge in [0.15, 0.2) is 0 Å². The quantitative estimate of drug-likeness (QED) is 0.818. The van der Waals surface area contributed by atoms with E-state index in [2.05, 4.69) is 15.2 Å². The van der Waals surface area contributed by atoms with Gasteiger partial charge >= 0.3 is 5.97 Å². The van der Waals surface area contributed by atoms with Gasteiger partial charge in [-0.3, -0.25) is 14.7 Å². The largest absolute Gasteiger partial charge is 0.465 e. The van der Waals surface area contributed by atoms with Crippen LogP contribution in [0, 0.1) is 0 Å². The molecule has 0 atom stereocenters. The molecule has 112 valence electrons. The molecule has 0 aromatic carbocycles. The number of rotatable bonds is 5. The Morgan fingerprint density at radius 1 is 1.30 bits per heavy atom. The highest BCUT2D eigenvalue weighted by molar-refractivity contribution is 5.92. The molecule has 0 aliphatic rings. The molecule has 1 heterocycles. The molecule has 0 spiro atoms. The van der Waals surface area contributed by atoms with Crippen LogP contribution in [0.25, 0.3) is 0 Å². The van der Waals surface area contributed by atoms with Crippen molar-refractivity contribution >= 4 is 11.9 Å². The summed E-state index contributed by atoms with van der Waals surface area (Å²) in [4.78, 5) is 29.2. The second-order valence-corrected chi connectivity index (χ2v) is 5.38. The van der Waals surface area contributed by atoms with Crippen molar-refractivity contribution in [1.82, 2.24) is 20.1 Å². The predicted octanol–water partition coefficient (Wildman–Crippen LogP) is 1.13. The summed E-state index contributed by atoms with van der Waals surface area (Å²) in [5.41, 5.74) is -0.219. The van der Waals surface area contributed by atoms with Gasteiger partial charge in [0.2, 0.25) is 5.82 Å². The second-order valence-electron chi connectivity index (χ2n) is 5.38. The van der Waals surface area contributed by atoms with Gasteiger partial charge in [0.25, 0.3) is 5.91 Å². The Morgan fingerprint density at radius 3 is 2.40 bits per heavy atom. The SMILES string of the molecule is CCOC(=O)CN(CC)C(=O)c1n[nH]c(C(C)(C)C)n1. The van der Waals surface area contributed by atoms with Crippen LogP contribution in [0.15, 0.2) is 0 Å². The van der Waals surface area contributed by atoms with Gasteiger partial charge < -0.3 is 9.64 Å². The number of hydrogen-bond acceptors (Lipinski definition) is 5. The number of nitrogens with zero attached hydrogens (tertiary/aromatic N) is 3. The van der Waals surface area contributed by atoms with Gasteiger partial charge in [-0.2, -0.15) is 0 Å². The Hall–Kier alpha value is -1.92. The zero-order valence-electron chi connectivity index (χ0n) is 12.7. The molecule has 0 fully saturated rings.